The van der Waals surface area contributed by atoms with Gasteiger partial charge in [0.25, 0.3) is 0 Å². The molecule has 0 atom stereocenters. The van der Waals surface area contributed by atoms with Crippen molar-refractivity contribution in [3.63, 3.8) is 0 Å². The fourth-order valence-electron chi connectivity index (χ4n) is 2.00. The highest BCUT2D eigenvalue weighted by molar-refractivity contribution is 6.07. The summed E-state index contributed by atoms with van der Waals surface area (Å²) in [5, 5.41) is 0. The molecule has 18 heavy (non-hydrogen) atoms. The highest BCUT2D eigenvalue weighted by atomic mass is 16.1. The first kappa shape index (κ1) is 12.5. The van der Waals surface area contributed by atoms with Gasteiger partial charge >= 0.3 is 0 Å². The van der Waals surface area contributed by atoms with Crippen LogP contribution in [0.25, 0.3) is 0 Å². The van der Waals surface area contributed by atoms with Crippen molar-refractivity contribution in [1.82, 2.24) is 9.55 Å². The third-order valence-electron chi connectivity index (χ3n) is 2.74. The van der Waals surface area contributed by atoms with E-state index < -0.39 is 0 Å². The zero-order valence-electron chi connectivity index (χ0n) is 10.7. The molecule has 2 aromatic rings. The minimum atomic E-state index is -0.0439. The molecule has 2 N–H and O–H groups in total. The predicted molar refractivity (Wildman–Crippen MR) is 70.6 cm³/mol. The molecule has 0 amide bonds. The van der Waals surface area contributed by atoms with Crippen LogP contribution < -0.4 is 5.73 Å². The number of rotatable bonds is 4. The molecular weight excluding hydrogens is 226 g/mol. The molecule has 0 aliphatic rings. The van der Waals surface area contributed by atoms with Crippen molar-refractivity contribution in [3.05, 3.63) is 53.1 Å². The van der Waals surface area contributed by atoms with Gasteiger partial charge in [-0.2, -0.15) is 0 Å². The largest absolute Gasteiger partial charge is 0.335 e. The molecule has 4 heteroatoms. The van der Waals surface area contributed by atoms with E-state index in [1.165, 1.54) is 0 Å². The quantitative estimate of drug-likeness (QED) is 0.831. The maximum Gasteiger partial charge on any atom is 0.212 e. The number of nitrogens with two attached hydrogens (primary N) is 1. The fraction of sp³-hybridized carbons (Fsp3) is 0.286. The van der Waals surface area contributed by atoms with Crippen molar-refractivity contribution in [2.75, 3.05) is 6.54 Å². The van der Waals surface area contributed by atoms with Gasteiger partial charge in [-0.1, -0.05) is 17.2 Å². The van der Waals surface area contributed by atoms with Crippen LogP contribution in [0.4, 0.5) is 0 Å². The highest BCUT2D eigenvalue weighted by Gasteiger charge is 2.12. The van der Waals surface area contributed by atoms with E-state index in [4.69, 9.17) is 5.73 Å². The maximum atomic E-state index is 12.3. The van der Waals surface area contributed by atoms with Crippen molar-refractivity contribution in [2.45, 2.75) is 20.4 Å². The molecule has 1 aromatic heterocycles. The Balaban J connectivity index is 2.29. The van der Waals surface area contributed by atoms with Gasteiger partial charge in [0, 0.05) is 24.8 Å². The lowest BCUT2D eigenvalue weighted by atomic mass is 10.0. The Labute approximate surface area is 106 Å². The van der Waals surface area contributed by atoms with E-state index in [1.54, 1.807) is 12.5 Å². The first-order chi connectivity index (χ1) is 8.60. The van der Waals surface area contributed by atoms with Gasteiger partial charge in [-0.25, -0.2) is 4.98 Å². The number of hydrogen-bond acceptors (Lipinski definition) is 3. The second kappa shape index (κ2) is 5.14. The molecule has 0 aliphatic heterocycles. The molecule has 1 heterocycles. The number of carbonyl (C=O) groups is 1. The molecule has 0 fully saturated rings. The fourth-order valence-corrected chi connectivity index (χ4v) is 2.00. The predicted octanol–water partition coefficient (Wildman–Crippen LogP) is 1.69. The lowest BCUT2D eigenvalue weighted by molar-refractivity contribution is 0.103. The molecule has 0 saturated heterocycles. The summed E-state index contributed by atoms with van der Waals surface area (Å²) in [6.07, 6.45) is 3.38. The van der Waals surface area contributed by atoms with Crippen molar-refractivity contribution in [2.24, 2.45) is 5.73 Å². The second-order valence-corrected chi connectivity index (χ2v) is 4.49. The summed E-state index contributed by atoms with van der Waals surface area (Å²) < 4.78 is 1.83. The zero-order chi connectivity index (χ0) is 13.1. The number of imidazole rings is 1. The smallest absolute Gasteiger partial charge is 0.212 e. The van der Waals surface area contributed by atoms with Gasteiger partial charge in [0.2, 0.25) is 5.78 Å². The molecular formula is C14H17N3O. The standard InChI is InChI=1S/C14H17N3O/c1-10-5-11(2)7-12(6-10)14(18)13-8-17(4-3-15)9-16-13/h5-9H,3-4,15H2,1-2H3. The first-order valence-corrected chi connectivity index (χ1v) is 5.95. The Morgan fingerprint density at radius 2 is 1.94 bits per heavy atom. The van der Waals surface area contributed by atoms with Crippen molar-refractivity contribution >= 4 is 5.78 Å². The van der Waals surface area contributed by atoms with Crippen LogP contribution in [0.15, 0.2) is 30.7 Å². The van der Waals surface area contributed by atoms with Gasteiger partial charge in [0.15, 0.2) is 0 Å². The first-order valence-electron chi connectivity index (χ1n) is 5.95. The number of benzene rings is 1. The van der Waals surface area contributed by atoms with E-state index in [0.29, 0.717) is 24.3 Å². The van der Waals surface area contributed by atoms with Crippen molar-refractivity contribution in [1.29, 1.82) is 0 Å². The second-order valence-electron chi connectivity index (χ2n) is 4.49. The summed E-state index contributed by atoms with van der Waals surface area (Å²) >= 11 is 0. The van der Waals surface area contributed by atoms with Gasteiger partial charge < -0.3 is 10.3 Å². The zero-order valence-corrected chi connectivity index (χ0v) is 10.7. The van der Waals surface area contributed by atoms with Gasteiger partial charge in [0.1, 0.15) is 5.69 Å². The maximum absolute atomic E-state index is 12.3. The monoisotopic (exact) mass is 243 g/mol. The number of nitrogens with zero attached hydrogens (tertiary/aromatic N) is 2. The number of carbonyl (C=O) groups excluding carboxylic acids is 1. The number of aromatic nitrogens is 2. The SMILES string of the molecule is Cc1cc(C)cc(C(=O)c2cn(CCN)cn2)c1. The van der Waals surface area contributed by atoms with Gasteiger partial charge in [-0.05, 0) is 26.0 Å². The topological polar surface area (TPSA) is 60.9 Å². The average molecular weight is 243 g/mol. The molecule has 0 unspecified atom stereocenters. The Kier molecular flexibility index (Phi) is 3.58. The molecule has 94 valence electrons. The van der Waals surface area contributed by atoms with Crippen LogP contribution in [0.2, 0.25) is 0 Å². The number of ketones is 1. The molecule has 2 rings (SSSR count). The minimum absolute atomic E-state index is 0.0439. The Morgan fingerprint density at radius 1 is 1.28 bits per heavy atom. The third kappa shape index (κ3) is 2.65. The molecule has 0 radical (unpaired) electrons. The number of hydrogen-bond donors (Lipinski definition) is 1. The van der Waals surface area contributed by atoms with E-state index in [0.717, 1.165) is 11.1 Å². The van der Waals surface area contributed by atoms with Crippen LogP contribution in [0, 0.1) is 13.8 Å². The van der Waals surface area contributed by atoms with Crippen LogP contribution in [-0.4, -0.2) is 21.9 Å². The highest BCUT2D eigenvalue weighted by Crippen LogP contribution is 2.13. The summed E-state index contributed by atoms with van der Waals surface area (Å²) in [7, 11) is 0. The Hall–Kier alpha value is -1.94. The van der Waals surface area contributed by atoms with E-state index in [9.17, 15) is 4.79 Å². The van der Waals surface area contributed by atoms with Gasteiger partial charge in [-0.15, -0.1) is 0 Å². The van der Waals surface area contributed by atoms with Crippen LogP contribution in [-0.2, 0) is 6.54 Å². The molecule has 0 aliphatic carbocycles. The van der Waals surface area contributed by atoms with Crippen LogP contribution in [0.1, 0.15) is 27.2 Å². The van der Waals surface area contributed by atoms with Gasteiger partial charge in [-0.3, -0.25) is 4.79 Å². The molecule has 1 aromatic carbocycles. The third-order valence-corrected chi connectivity index (χ3v) is 2.74. The summed E-state index contributed by atoms with van der Waals surface area (Å²) in [5.41, 5.74) is 8.78. The minimum Gasteiger partial charge on any atom is -0.335 e. The van der Waals surface area contributed by atoms with Gasteiger partial charge in [0.05, 0.1) is 6.33 Å². The molecule has 0 saturated carbocycles. The van der Waals surface area contributed by atoms with Crippen LogP contribution in [0.3, 0.4) is 0 Å². The van der Waals surface area contributed by atoms with E-state index in [1.807, 2.05) is 36.6 Å². The molecule has 0 bridgehead atoms. The van der Waals surface area contributed by atoms with Crippen molar-refractivity contribution < 1.29 is 4.79 Å². The summed E-state index contributed by atoms with van der Waals surface area (Å²) in [5.74, 6) is -0.0439. The Bertz CT molecular complexity index is 552. The lowest BCUT2D eigenvalue weighted by Gasteiger charge is -2.02. The lowest BCUT2D eigenvalue weighted by Crippen LogP contribution is -2.08. The van der Waals surface area contributed by atoms with Crippen LogP contribution in [0.5, 0.6) is 0 Å². The molecule has 0 spiro atoms. The summed E-state index contributed by atoms with van der Waals surface area (Å²) in [4.78, 5) is 16.4. The Morgan fingerprint density at radius 3 is 2.56 bits per heavy atom. The van der Waals surface area contributed by atoms with Crippen LogP contribution >= 0.6 is 0 Å². The van der Waals surface area contributed by atoms with E-state index in [2.05, 4.69) is 4.98 Å². The summed E-state index contributed by atoms with van der Waals surface area (Å²) in [6, 6.07) is 5.82. The molecule has 4 nitrogen and oxygen atoms in total. The normalized spacial score (nSPS) is 10.6. The summed E-state index contributed by atoms with van der Waals surface area (Å²) in [6.45, 7) is 5.17. The van der Waals surface area contributed by atoms with E-state index >= 15 is 0 Å². The van der Waals surface area contributed by atoms with E-state index in [-0.39, 0.29) is 5.78 Å². The number of aryl methyl sites for hydroxylation is 2. The van der Waals surface area contributed by atoms with Crippen molar-refractivity contribution in [3.8, 4) is 0 Å². The average Bonchev–Trinajstić information content (AvgIpc) is 2.76.